The summed E-state index contributed by atoms with van der Waals surface area (Å²) in [7, 11) is 3.88. The number of benzene rings is 1. The summed E-state index contributed by atoms with van der Waals surface area (Å²) in [5.41, 5.74) is 1.19. The van der Waals surface area contributed by atoms with Crippen LogP contribution in [0.1, 0.15) is 5.56 Å². The quantitative estimate of drug-likeness (QED) is 0.799. The van der Waals surface area contributed by atoms with Crippen LogP contribution in [0.2, 0.25) is 0 Å². The van der Waals surface area contributed by atoms with Crippen molar-refractivity contribution in [2.24, 2.45) is 11.8 Å². The van der Waals surface area contributed by atoms with Crippen LogP contribution in [0.5, 0.6) is 5.75 Å². The first-order valence-corrected chi connectivity index (χ1v) is 9.72. The second kappa shape index (κ2) is 9.51. The van der Waals surface area contributed by atoms with Crippen LogP contribution in [0, 0.1) is 11.8 Å². The Morgan fingerprint density at radius 2 is 1.73 bits per heavy atom. The fraction of sp³-hybridized carbons (Fsp3) is 0.619. The van der Waals surface area contributed by atoms with Crippen LogP contribution in [0.3, 0.4) is 0 Å². The largest absolute Gasteiger partial charge is 0.497 e. The van der Waals surface area contributed by atoms with Crippen LogP contribution in [-0.2, 0) is 0 Å². The Balaban J connectivity index is 1.47. The summed E-state index contributed by atoms with van der Waals surface area (Å²) in [6.07, 6.45) is 4.40. The zero-order chi connectivity index (χ0) is 18.4. The highest BCUT2D eigenvalue weighted by Crippen LogP contribution is 2.24. The molecule has 2 aliphatic rings. The van der Waals surface area contributed by atoms with Gasteiger partial charge in [-0.1, -0.05) is 24.3 Å². The Morgan fingerprint density at radius 3 is 2.38 bits per heavy atom. The van der Waals surface area contributed by atoms with E-state index < -0.39 is 0 Å². The topological polar surface area (TPSA) is 39.2 Å². The molecule has 0 bridgehead atoms. The van der Waals surface area contributed by atoms with Gasteiger partial charge in [0.15, 0.2) is 0 Å². The van der Waals surface area contributed by atoms with Crippen molar-refractivity contribution in [1.29, 1.82) is 0 Å². The number of hydrogen-bond acceptors (Lipinski definition) is 5. The molecule has 1 N–H and O–H groups in total. The lowest BCUT2D eigenvalue weighted by Gasteiger charge is -2.34. The van der Waals surface area contributed by atoms with Crippen molar-refractivity contribution >= 4 is 6.08 Å². The van der Waals surface area contributed by atoms with E-state index in [2.05, 4.69) is 46.0 Å². The number of rotatable bonds is 7. The van der Waals surface area contributed by atoms with Gasteiger partial charge < -0.3 is 19.6 Å². The fourth-order valence-corrected chi connectivity index (χ4v) is 4.01. The van der Waals surface area contributed by atoms with Gasteiger partial charge in [-0.05, 0) is 36.6 Å². The molecular formula is C21H33N3O2. The van der Waals surface area contributed by atoms with E-state index in [0.29, 0.717) is 18.4 Å². The first kappa shape index (κ1) is 19.4. The molecule has 3 rings (SSSR count). The van der Waals surface area contributed by atoms with Gasteiger partial charge in [0.25, 0.3) is 0 Å². The third kappa shape index (κ3) is 5.30. The van der Waals surface area contributed by atoms with Crippen molar-refractivity contribution in [2.75, 3.05) is 73.1 Å². The van der Waals surface area contributed by atoms with Crippen molar-refractivity contribution in [3.63, 3.8) is 0 Å². The van der Waals surface area contributed by atoms with Crippen molar-refractivity contribution in [3.05, 3.63) is 35.9 Å². The number of methoxy groups -OCH3 is 1. The zero-order valence-corrected chi connectivity index (χ0v) is 16.2. The summed E-state index contributed by atoms with van der Waals surface area (Å²) < 4.78 is 5.20. The minimum atomic E-state index is 0.303. The van der Waals surface area contributed by atoms with E-state index in [9.17, 15) is 5.11 Å². The number of likely N-dealkylation sites (tertiary alicyclic amines) is 1. The molecule has 0 unspecified atom stereocenters. The van der Waals surface area contributed by atoms with Crippen molar-refractivity contribution in [3.8, 4) is 5.75 Å². The first-order valence-electron chi connectivity index (χ1n) is 9.72. The summed E-state index contributed by atoms with van der Waals surface area (Å²) in [5.74, 6) is 1.88. The predicted octanol–water partition coefficient (Wildman–Crippen LogP) is 1.50. The Labute approximate surface area is 157 Å². The fourth-order valence-electron chi connectivity index (χ4n) is 4.01. The average molecular weight is 360 g/mol. The monoisotopic (exact) mass is 359 g/mol. The van der Waals surface area contributed by atoms with Gasteiger partial charge in [-0.15, -0.1) is 0 Å². The summed E-state index contributed by atoms with van der Waals surface area (Å²) in [4.78, 5) is 7.44. The van der Waals surface area contributed by atoms with Crippen molar-refractivity contribution < 1.29 is 9.84 Å². The lowest BCUT2D eigenvalue weighted by atomic mass is 9.96. The van der Waals surface area contributed by atoms with Gasteiger partial charge in [-0.25, -0.2) is 0 Å². The molecular weight excluding hydrogens is 326 g/mol. The van der Waals surface area contributed by atoms with Crippen LogP contribution in [0.25, 0.3) is 6.08 Å². The molecule has 5 nitrogen and oxygen atoms in total. The molecule has 0 spiro atoms. The standard InChI is InChI=1S/C21H33N3O2/c1-22-10-12-23(13-11-22)14-19-15-24(16-20(19)17-25)9-3-4-18-5-7-21(26-2)8-6-18/h3-8,19-20,25H,9-17H2,1-2H3/t19-,20-/m1/s1. The highest BCUT2D eigenvalue weighted by molar-refractivity contribution is 5.50. The molecule has 2 atom stereocenters. The maximum atomic E-state index is 9.80. The molecule has 0 saturated carbocycles. The molecule has 26 heavy (non-hydrogen) atoms. The van der Waals surface area contributed by atoms with Gasteiger partial charge in [0.2, 0.25) is 0 Å². The molecule has 1 aromatic carbocycles. The molecule has 0 amide bonds. The first-order chi connectivity index (χ1) is 12.7. The Kier molecular flexibility index (Phi) is 7.08. The second-order valence-corrected chi connectivity index (χ2v) is 7.70. The number of aliphatic hydroxyl groups excluding tert-OH is 1. The number of nitrogens with zero attached hydrogens (tertiary/aromatic N) is 3. The molecule has 2 aliphatic heterocycles. The highest BCUT2D eigenvalue weighted by Gasteiger charge is 2.33. The second-order valence-electron chi connectivity index (χ2n) is 7.70. The Morgan fingerprint density at radius 1 is 1.04 bits per heavy atom. The maximum absolute atomic E-state index is 9.80. The van der Waals surface area contributed by atoms with E-state index >= 15 is 0 Å². The summed E-state index contributed by atoms with van der Waals surface area (Å²) >= 11 is 0. The molecule has 2 saturated heterocycles. The predicted molar refractivity (Wildman–Crippen MR) is 106 cm³/mol. The molecule has 1 aromatic rings. The molecule has 0 aliphatic carbocycles. The number of ether oxygens (including phenoxy) is 1. The van der Waals surface area contributed by atoms with Gasteiger partial charge in [0.1, 0.15) is 5.75 Å². The summed E-state index contributed by atoms with van der Waals surface area (Å²) in [6, 6.07) is 8.13. The van der Waals surface area contributed by atoms with E-state index in [1.54, 1.807) is 7.11 Å². The molecule has 2 fully saturated rings. The molecule has 0 aromatic heterocycles. The molecule has 2 heterocycles. The minimum Gasteiger partial charge on any atom is -0.497 e. The van der Waals surface area contributed by atoms with E-state index in [1.807, 2.05) is 12.1 Å². The average Bonchev–Trinajstić information content (AvgIpc) is 3.06. The number of hydrogen-bond donors (Lipinski definition) is 1. The lowest BCUT2D eigenvalue weighted by Crippen LogP contribution is -2.47. The third-order valence-electron chi connectivity index (χ3n) is 5.76. The van der Waals surface area contributed by atoms with E-state index in [-0.39, 0.29) is 0 Å². The van der Waals surface area contributed by atoms with Gasteiger partial charge in [-0.3, -0.25) is 4.90 Å². The summed E-state index contributed by atoms with van der Waals surface area (Å²) in [5, 5.41) is 9.80. The van der Waals surface area contributed by atoms with Gasteiger partial charge in [0.05, 0.1) is 7.11 Å². The van der Waals surface area contributed by atoms with Crippen molar-refractivity contribution in [1.82, 2.24) is 14.7 Å². The van der Waals surface area contributed by atoms with E-state index in [0.717, 1.165) is 58.1 Å². The van der Waals surface area contributed by atoms with Gasteiger partial charge >= 0.3 is 0 Å². The smallest absolute Gasteiger partial charge is 0.118 e. The Hall–Kier alpha value is -1.40. The van der Waals surface area contributed by atoms with Crippen LogP contribution in [0.4, 0.5) is 0 Å². The van der Waals surface area contributed by atoms with E-state index in [4.69, 9.17) is 4.74 Å². The number of aliphatic hydroxyl groups is 1. The normalized spacial score (nSPS) is 26.0. The molecule has 5 heteroatoms. The SMILES string of the molecule is COc1ccc(C=CCN2C[C@@H](CN3CCN(C)CC3)[C@@H](CO)C2)cc1. The van der Waals surface area contributed by atoms with Crippen LogP contribution < -0.4 is 4.74 Å². The van der Waals surface area contributed by atoms with Gasteiger partial charge in [-0.2, -0.15) is 0 Å². The summed E-state index contributed by atoms with van der Waals surface area (Å²) in [6.45, 7) is 9.09. The van der Waals surface area contributed by atoms with Crippen LogP contribution in [0.15, 0.2) is 30.3 Å². The Bertz CT molecular complexity index is 567. The van der Waals surface area contributed by atoms with Crippen molar-refractivity contribution in [2.45, 2.75) is 0 Å². The zero-order valence-electron chi connectivity index (χ0n) is 16.2. The molecule has 144 valence electrons. The minimum absolute atomic E-state index is 0.303. The third-order valence-corrected chi connectivity index (χ3v) is 5.76. The number of piperazine rings is 1. The lowest BCUT2D eigenvalue weighted by molar-refractivity contribution is 0.116. The van der Waals surface area contributed by atoms with Gasteiger partial charge in [0, 0.05) is 59.0 Å². The van der Waals surface area contributed by atoms with E-state index in [1.165, 1.54) is 5.56 Å². The van der Waals surface area contributed by atoms with Crippen LogP contribution >= 0.6 is 0 Å². The van der Waals surface area contributed by atoms with Crippen LogP contribution in [-0.4, -0.2) is 92.9 Å². The molecule has 0 radical (unpaired) electrons. The maximum Gasteiger partial charge on any atom is 0.118 e. The number of likely N-dealkylation sites (N-methyl/N-ethyl adjacent to an activating group) is 1. The highest BCUT2D eigenvalue weighted by atomic mass is 16.5.